The van der Waals surface area contributed by atoms with E-state index in [4.69, 9.17) is 0 Å². The first-order chi connectivity index (χ1) is 5.16. The summed E-state index contributed by atoms with van der Waals surface area (Å²) >= 11 is 0. The Hall–Kier alpha value is -0.790. The molecule has 2 heteroatoms. The summed E-state index contributed by atoms with van der Waals surface area (Å²) in [6.07, 6.45) is 5.37. The molecule has 0 bridgehead atoms. The monoisotopic (exact) mass is 156 g/mol. The van der Waals surface area contributed by atoms with Crippen molar-refractivity contribution < 1.29 is 9.53 Å². The summed E-state index contributed by atoms with van der Waals surface area (Å²) in [4.78, 5) is 10.6. The van der Waals surface area contributed by atoms with Crippen molar-refractivity contribution in [1.82, 2.24) is 0 Å². The first-order valence-corrected chi connectivity index (χ1v) is 3.90. The molecule has 0 aromatic rings. The van der Waals surface area contributed by atoms with Crippen molar-refractivity contribution in [1.29, 1.82) is 0 Å². The van der Waals surface area contributed by atoms with Gasteiger partial charge in [-0.1, -0.05) is 26.0 Å². The molecular formula is C9H16O2. The van der Waals surface area contributed by atoms with Crippen molar-refractivity contribution in [3.05, 3.63) is 12.2 Å². The minimum absolute atomic E-state index is 0.140. The van der Waals surface area contributed by atoms with E-state index < -0.39 is 0 Å². The van der Waals surface area contributed by atoms with Gasteiger partial charge in [0.1, 0.15) is 0 Å². The minimum atomic E-state index is -0.140. The van der Waals surface area contributed by atoms with E-state index in [1.807, 2.05) is 6.08 Å². The summed E-state index contributed by atoms with van der Waals surface area (Å²) < 4.78 is 4.48. The maximum Gasteiger partial charge on any atom is 0.305 e. The fourth-order valence-electron chi connectivity index (χ4n) is 0.672. The van der Waals surface area contributed by atoms with Crippen LogP contribution in [-0.4, -0.2) is 13.1 Å². The molecule has 0 rings (SSSR count). The van der Waals surface area contributed by atoms with Crippen LogP contribution in [0.1, 0.15) is 26.7 Å². The van der Waals surface area contributed by atoms with E-state index in [2.05, 4.69) is 24.7 Å². The van der Waals surface area contributed by atoms with Crippen LogP contribution in [0, 0.1) is 5.92 Å². The molecule has 0 aromatic carbocycles. The highest BCUT2D eigenvalue weighted by Gasteiger charge is 1.95. The van der Waals surface area contributed by atoms with Crippen LogP contribution >= 0.6 is 0 Å². The van der Waals surface area contributed by atoms with Gasteiger partial charge in [-0.05, 0) is 12.3 Å². The van der Waals surface area contributed by atoms with Gasteiger partial charge in [-0.15, -0.1) is 0 Å². The second-order valence-corrected chi connectivity index (χ2v) is 2.79. The summed E-state index contributed by atoms with van der Waals surface area (Å²) in [5, 5.41) is 0. The number of hydrogen-bond donors (Lipinski definition) is 0. The minimum Gasteiger partial charge on any atom is -0.469 e. The third-order valence-corrected chi connectivity index (χ3v) is 1.26. The fraction of sp³-hybridized carbons (Fsp3) is 0.667. The van der Waals surface area contributed by atoms with Crippen molar-refractivity contribution in [3.8, 4) is 0 Å². The molecule has 64 valence electrons. The molecule has 0 aliphatic rings. The lowest BCUT2D eigenvalue weighted by Gasteiger charge is -1.95. The fourth-order valence-corrected chi connectivity index (χ4v) is 0.672. The van der Waals surface area contributed by atoms with E-state index in [0.717, 1.165) is 6.42 Å². The van der Waals surface area contributed by atoms with Gasteiger partial charge in [-0.25, -0.2) is 0 Å². The molecule has 0 spiro atoms. The Morgan fingerprint density at radius 2 is 2.18 bits per heavy atom. The largest absolute Gasteiger partial charge is 0.469 e. The van der Waals surface area contributed by atoms with Crippen LogP contribution in [0.15, 0.2) is 12.2 Å². The number of hydrogen-bond acceptors (Lipinski definition) is 2. The SMILES string of the molecule is COC(=O)CCC=CC(C)C. The van der Waals surface area contributed by atoms with Crippen LogP contribution in [0.5, 0.6) is 0 Å². The smallest absolute Gasteiger partial charge is 0.305 e. The highest BCUT2D eigenvalue weighted by atomic mass is 16.5. The van der Waals surface area contributed by atoms with Gasteiger partial charge in [0, 0.05) is 6.42 Å². The lowest BCUT2D eigenvalue weighted by Crippen LogP contribution is -1.98. The quantitative estimate of drug-likeness (QED) is 0.460. The number of allylic oxidation sites excluding steroid dienone is 2. The lowest BCUT2D eigenvalue weighted by atomic mass is 10.2. The molecule has 0 fully saturated rings. The number of ether oxygens (including phenoxy) is 1. The molecule has 0 amide bonds. The van der Waals surface area contributed by atoms with Gasteiger partial charge >= 0.3 is 5.97 Å². The van der Waals surface area contributed by atoms with Crippen LogP contribution < -0.4 is 0 Å². The van der Waals surface area contributed by atoms with Crippen LogP contribution in [-0.2, 0) is 9.53 Å². The van der Waals surface area contributed by atoms with E-state index in [0.29, 0.717) is 12.3 Å². The van der Waals surface area contributed by atoms with Crippen LogP contribution in [0.3, 0.4) is 0 Å². The Labute approximate surface area is 68.2 Å². The molecule has 2 nitrogen and oxygen atoms in total. The molecule has 0 aliphatic heterocycles. The first kappa shape index (κ1) is 10.2. The molecule has 0 atom stereocenters. The molecule has 0 unspecified atom stereocenters. The van der Waals surface area contributed by atoms with Crippen molar-refractivity contribution in [2.75, 3.05) is 7.11 Å². The number of esters is 1. The van der Waals surface area contributed by atoms with Crippen molar-refractivity contribution in [3.63, 3.8) is 0 Å². The normalized spacial score (nSPS) is 10.9. The van der Waals surface area contributed by atoms with Gasteiger partial charge < -0.3 is 4.74 Å². The molecule has 0 N–H and O–H groups in total. The summed E-state index contributed by atoms with van der Waals surface area (Å²) in [5.74, 6) is 0.422. The molecule has 11 heavy (non-hydrogen) atoms. The third kappa shape index (κ3) is 7.10. The maximum absolute atomic E-state index is 10.6. The summed E-state index contributed by atoms with van der Waals surface area (Å²) in [5.41, 5.74) is 0. The standard InChI is InChI=1S/C9H16O2/c1-8(2)6-4-5-7-9(10)11-3/h4,6,8H,5,7H2,1-3H3. The Balaban J connectivity index is 3.34. The van der Waals surface area contributed by atoms with Gasteiger partial charge in [-0.2, -0.15) is 0 Å². The molecule has 0 heterocycles. The summed E-state index contributed by atoms with van der Waals surface area (Å²) in [6, 6.07) is 0. The van der Waals surface area contributed by atoms with Crippen LogP contribution in [0.4, 0.5) is 0 Å². The zero-order chi connectivity index (χ0) is 8.69. The van der Waals surface area contributed by atoms with Gasteiger partial charge in [0.25, 0.3) is 0 Å². The number of methoxy groups -OCH3 is 1. The number of carbonyl (C=O) groups is 1. The van der Waals surface area contributed by atoms with Crippen molar-refractivity contribution in [2.45, 2.75) is 26.7 Å². The van der Waals surface area contributed by atoms with E-state index in [1.165, 1.54) is 7.11 Å². The molecule has 0 aliphatic carbocycles. The zero-order valence-electron chi connectivity index (χ0n) is 7.46. The number of rotatable bonds is 4. The van der Waals surface area contributed by atoms with Crippen molar-refractivity contribution >= 4 is 5.97 Å². The van der Waals surface area contributed by atoms with E-state index in [1.54, 1.807) is 0 Å². The second kappa shape index (κ2) is 5.96. The van der Waals surface area contributed by atoms with E-state index in [-0.39, 0.29) is 5.97 Å². The predicted molar refractivity (Wildman–Crippen MR) is 45.2 cm³/mol. The Morgan fingerprint density at radius 1 is 1.55 bits per heavy atom. The van der Waals surface area contributed by atoms with Crippen LogP contribution in [0.25, 0.3) is 0 Å². The average molecular weight is 156 g/mol. The second-order valence-electron chi connectivity index (χ2n) is 2.79. The van der Waals surface area contributed by atoms with Gasteiger partial charge in [0.2, 0.25) is 0 Å². The maximum atomic E-state index is 10.6. The molecule has 0 saturated carbocycles. The highest BCUT2D eigenvalue weighted by Crippen LogP contribution is 1.98. The lowest BCUT2D eigenvalue weighted by molar-refractivity contribution is -0.140. The van der Waals surface area contributed by atoms with E-state index in [9.17, 15) is 4.79 Å². The summed E-state index contributed by atoms with van der Waals surface area (Å²) in [6.45, 7) is 4.21. The van der Waals surface area contributed by atoms with Gasteiger partial charge in [0.15, 0.2) is 0 Å². The average Bonchev–Trinajstić information content (AvgIpc) is 1.97. The first-order valence-electron chi connectivity index (χ1n) is 3.90. The number of carbonyl (C=O) groups excluding carboxylic acids is 1. The van der Waals surface area contributed by atoms with Crippen LogP contribution in [0.2, 0.25) is 0 Å². The molecule has 0 radical (unpaired) electrons. The predicted octanol–water partition coefficient (Wildman–Crippen LogP) is 2.15. The zero-order valence-corrected chi connectivity index (χ0v) is 7.46. The Morgan fingerprint density at radius 3 is 2.64 bits per heavy atom. The molecular weight excluding hydrogens is 140 g/mol. The van der Waals surface area contributed by atoms with E-state index >= 15 is 0 Å². The topological polar surface area (TPSA) is 26.3 Å². The van der Waals surface area contributed by atoms with Gasteiger partial charge in [0.05, 0.1) is 7.11 Å². The van der Waals surface area contributed by atoms with Crippen molar-refractivity contribution in [2.24, 2.45) is 5.92 Å². The molecule has 0 saturated heterocycles. The highest BCUT2D eigenvalue weighted by molar-refractivity contribution is 5.69. The Kier molecular flexibility index (Phi) is 5.53. The molecule has 0 aromatic heterocycles. The summed E-state index contributed by atoms with van der Waals surface area (Å²) in [7, 11) is 1.41. The third-order valence-electron chi connectivity index (χ3n) is 1.26. The van der Waals surface area contributed by atoms with Gasteiger partial charge in [-0.3, -0.25) is 4.79 Å². The Bertz CT molecular complexity index is 136.